The predicted molar refractivity (Wildman–Crippen MR) is 81.6 cm³/mol. The van der Waals surface area contributed by atoms with E-state index in [0.29, 0.717) is 30.9 Å². The highest BCUT2D eigenvalue weighted by Crippen LogP contribution is 2.27. The molecule has 1 fully saturated rings. The number of carbonyl (C=O) groups is 2. The Bertz CT molecular complexity index is 588. The van der Waals surface area contributed by atoms with Gasteiger partial charge in [0.2, 0.25) is 0 Å². The maximum atomic E-state index is 12.4. The van der Waals surface area contributed by atoms with Crippen molar-refractivity contribution in [3.63, 3.8) is 0 Å². The normalized spacial score (nSPS) is 20.1. The van der Waals surface area contributed by atoms with Crippen molar-refractivity contribution in [1.29, 1.82) is 0 Å². The molecule has 1 aliphatic rings. The van der Waals surface area contributed by atoms with E-state index in [0.717, 1.165) is 5.56 Å². The van der Waals surface area contributed by atoms with Crippen LogP contribution in [0.3, 0.4) is 0 Å². The number of hydrogen-bond acceptors (Lipinski definition) is 5. The molecule has 0 saturated carbocycles. The van der Waals surface area contributed by atoms with Crippen molar-refractivity contribution in [2.45, 2.75) is 31.6 Å². The molecule has 1 N–H and O–H groups in total. The van der Waals surface area contributed by atoms with Gasteiger partial charge >= 0.3 is 5.97 Å². The zero-order chi connectivity index (χ0) is 17.0. The van der Waals surface area contributed by atoms with Gasteiger partial charge in [-0.25, -0.2) is 4.79 Å². The maximum absolute atomic E-state index is 12.4. The van der Waals surface area contributed by atoms with E-state index < -0.39 is 18.2 Å². The van der Waals surface area contributed by atoms with E-state index in [9.17, 15) is 9.59 Å². The number of carboxylic acid groups (broad SMARTS) is 1. The van der Waals surface area contributed by atoms with Crippen LogP contribution in [0, 0.1) is 0 Å². The molecule has 126 valence electrons. The third-order valence-electron chi connectivity index (χ3n) is 3.85. The molecule has 1 aliphatic heterocycles. The minimum Gasteiger partial charge on any atom is -0.497 e. The number of nitrogens with zero attached hydrogens (tertiary/aromatic N) is 1. The predicted octanol–water partition coefficient (Wildman–Crippen LogP) is 1.29. The first-order valence-corrected chi connectivity index (χ1v) is 7.30. The van der Waals surface area contributed by atoms with Gasteiger partial charge in [0.15, 0.2) is 6.10 Å². The summed E-state index contributed by atoms with van der Waals surface area (Å²) in [6.45, 7) is 0.337. The quantitative estimate of drug-likeness (QED) is 0.849. The Hall–Kier alpha value is -2.28. The summed E-state index contributed by atoms with van der Waals surface area (Å²) in [6, 6.07) is 5.37. The number of ether oxygens (including phenoxy) is 3. The molecule has 0 aromatic heterocycles. The molecule has 2 atom stereocenters. The van der Waals surface area contributed by atoms with E-state index in [-0.39, 0.29) is 5.91 Å². The fourth-order valence-corrected chi connectivity index (χ4v) is 2.56. The maximum Gasteiger partial charge on any atom is 0.332 e. The third-order valence-corrected chi connectivity index (χ3v) is 3.85. The fraction of sp³-hybridized carbons (Fsp3) is 0.500. The highest BCUT2D eigenvalue weighted by molar-refractivity contribution is 5.82. The van der Waals surface area contributed by atoms with Gasteiger partial charge in [-0.05, 0) is 25.0 Å². The van der Waals surface area contributed by atoms with Crippen molar-refractivity contribution >= 4 is 11.9 Å². The molecule has 0 radical (unpaired) electrons. The summed E-state index contributed by atoms with van der Waals surface area (Å²) in [6.07, 6.45) is -0.830. The van der Waals surface area contributed by atoms with Gasteiger partial charge in [0.25, 0.3) is 5.91 Å². The molecular weight excluding hydrogens is 302 g/mol. The first-order valence-electron chi connectivity index (χ1n) is 7.30. The lowest BCUT2D eigenvalue weighted by molar-refractivity contribution is -0.154. The standard InChI is InChI=1S/C16H21NO6/c1-17(15(18)12-6-7-13(23-12)16(19)20)9-10-4-5-11(21-2)8-14(10)22-3/h4-5,8,12-13H,6-7,9H2,1-3H3,(H,19,20)/t12-,13+/m0/s1. The van der Waals surface area contributed by atoms with Gasteiger partial charge in [-0.2, -0.15) is 0 Å². The van der Waals surface area contributed by atoms with Gasteiger partial charge in [-0.1, -0.05) is 0 Å². The summed E-state index contributed by atoms with van der Waals surface area (Å²) >= 11 is 0. The Morgan fingerprint density at radius 2 is 1.96 bits per heavy atom. The van der Waals surface area contributed by atoms with Crippen LogP contribution in [0.5, 0.6) is 11.5 Å². The van der Waals surface area contributed by atoms with Crippen LogP contribution in [0.1, 0.15) is 18.4 Å². The number of likely N-dealkylation sites (N-methyl/N-ethyl adjacent to an activating group) is 1. The summed E-state index contributed by atoms with van der Waals surface area (Å²) in [5, 5.41) is 8.93. The Labute approximate surface area is 134 Å². The number of carbonyl (C=O) groups excluding carboxylic acids is 1. The fourth-order valence-electron chi connectivity index (χ4n) is 2.56. The van der Waals surface area contributed by atoms with Gasteiger partial charge in [-0.3, -0.25) is 4.79 Å². The molecule has 1 amide bonds. The largest absolute Gasteiger partial charge is 0.497 e. The number of aliphatic carboxylic acids is 1. The van der Waals surface area contributed by atoms with Crippen LogP contribution in [0.2, 0.25) is 0 Å². The average Bonchev–Trinajstić information content (AvgIpc) is 3.04. The van der Waals surface area contributed by atoms with Crippen LogP contribution >= 0.6 is 0 Å². The monoisotopic (exact) mass is 323 g/mol. The molecule has 0 aliphatic carbocycles. The van der Waals surface area contributed by atoms with Crippen LogP contribution in [0.4, 0.5) is 0 Å². The number of amides is 1. The van der Waals surface area contributed by atoms with Crippen molar-refractivity contribution in [3.05, 3.63) is 23.8 Å². The Kier molecular flexibility index (Phi) is 5.44. The topological polar surface area (TPSA) is 85.3 Å². The minimum atomic E-state index is -1.03. The highest BCUT2D eigenvalue weighted by Gasteiger charge is 2.36. The molecule has 0 bridgehead atoms. The van der Waals surface area contributed by atoms with Gasteiger partial charge in [0.1, 0.15) is 17.6 Å². The van der Waals surface area contributed by atoms with Crippen LogP contribution in [0.25, 0.3) is 0 Å². The van der Waals surface area contributed by atoms with Crippen LogP contribution in [-0.2, 0) is 20.9 Å². The first kappa shape index (κ1) is 17.1. The lowest BCUT2D eigenvalue weighted by Crippen LogP contribution is -2.36. The highest BCUT2D eigenvalue weighted by atomic mass is 16.5. The number of benzene rings is 1. The second kappa shape index (κ2) is 7.32. The molecule has 2 rings (SSSR count). The number of rotatable bonds is 6. The second-order valence-electron chi connectivity index (χ2n) is 5.40. The minimum absolute atomic E-state index is 0.230. The molecule has 1 aromatic rings. The summed E-state index contributed by atoms with van der Waals surface area (Å²) in [4.78, 5) is 24.8. The zero-order valence-corrected chi connectivity index (χ0v) is 13.4. The lowest BCUT2D eigenvalue weighted by Gasteiger charge is -2.22. The SMILES string of the molecule is COc1ccc(CN(C)C(=O)[C@@H]2CC[C@H](C(=O)O)O2)c(OC)c1. The molecule has 7 nitrogen and oxygen atoms in total. The summed E-state index contributed by atoms with van der Waals surface area (Å²) in [5.41, 5.74) is 0.830. The first-order chi connectivity index (χ1) is 11.0. The van der Waals surface area contributed by atoms with Gasteiger partial charge in [-0.15, -0.1) is 0 Å². The van der Waals surface area contributed by atoms with E-state index in [1.165, 1.54) is 4.90 Å². The van der Waals surface area contributed by atoms with E-state index in [2.05, 4.69) is 0 Å². The van der Waals surface area contributed by atoms with Crippen molar-refractivity contribution < 1.29 is 28.9 Å². The third kappa shape index (κ3) is 3.92. The van der Waals surface area contributed by atoms with Crippen LogP contribution in [0.15, 0.2) is 18.2 Å². The number of hydrogen-bond donors (Lipinski definition) is 1. The van der Waals surface area contributed by atoms with Crippen molar-refractivity contribution in [3.8, 4) is 11.5 Å². The van der Waals surface area contributed by atoms with E-state index in [1.807, 2.05) is 6.07 Å². The Morgan fingerprint density at radius 1 is 1.26 bits per heavy atom. The Balaban J connectivity index is 2.03. The average molecular weight is 323 g/mol. The molecule has 0 spiro atoms. The van der Waals surface area contributed by atoms with E-state index >= 15 is 0 Å². The Morgan fingerprint density at radius 3 is 2.52 bits per heavy atom. The van der Waals surface area contributed by atoms with Crippen molar-refractivity contribution in [2.75, 3.05) is 21.3 Å². The number of carboxylic acids is 1. The molecule has 1 heterocycles. The van der Waals surface area contributed by atoms with Crippen LogP contribution < -0.4 is 9.47 Å². The zero-order valence-electron chi connectivity index (χ0n) is 13.4. The summed E-state index contributed by atoms with van der Waals surface area (Å²) in [5.74, 6) is 0.0363. The van der Waals surface area contributed by atoms with Gasteiger partial charge < -0.3 is 24.2 Å². The van der Waals surface area contributed by atoms with Crippen LogP contribution in [-0.4, -0.2) is 55.4 Å². The molecule has 23 heavy (non-hydrogen) atoms. The molecule has 1 aromatic carbocycles. The summed E-state index contributed by atoms with van der Waals surface area (Å²) < 4.78 is 15.8. The smallest absolute Gasteiger partial charge is 0.332 e. The molecule has 0 unspecified atom stereocenters. The second-order valence-corrected chi connectivity index (χ2v) is 5.40. The molecular formula is C16H21NO6. The van der Waals surface area contributed by atoms with Gasteiger partial charge in [0.05, 0.1) is 14.2 Å². The van der Waals surface area contributed by atoms with Crippen molar-refractivity contribution in [2.24, 2.45) is 0 Å². The van der Waals surface area contributed by atoms with E-state index in [1.54, 1.807) is 33.4 Å². The molecule has 1 saturated heterocycles. The number of methoxy groups -OCH3 is 2. The van der Waals surface area contributed by atoms with E-state index in [4.69, 9.17) is 19.3 Å². The van der Waals surface area contributed by atoms with Crippen molar-refractivity contribution in [1.82, 2.24) is 4.90 Å². The lowest BCUT2D eigenvalue weighted by atomic mass is 10.1. The molecule has 7 heteroatoms. The summed E-state index contributed by atoms with van der Waals surface area (Å²) in [7, 11) is 4.78. The van der Waals surface area contributed by atoms with Gasteiger partial charge in [0, 0.05) is 25.2 Å².